The number of imidazole rings is 1. The fraction of sp³-hybridized carbons (Fsp3) is 0.143. The van der Waals surface area contributed by atoms with Gasteiger partial charge in [0.1, 0.15) is 18.0 Å². The van der Waals surface area contributed by atoms with E-state index < -0.39 is 0 Å². The first-order chi connectivity index (χ1) is 12.3. The zero-order valence-corrected chi connectivity index (χ0v) is 13.9. The van der Waals surface area contributed by atoms with Crippen LogP contribution < -0.4 is 4.74 Å². The third-order valence-corrected chi connectivity index (χ3v) is 4.39. The summed E-state index contributed by atoms with van der Waals surface area (Å²) in [5.74, 6) is 0.839. The lowest BCUT2D eigenvalue weighted by molar-refractivity contribution is 0.310. The number of pyridine rings is 1. The maximum atomic E-state index is 9.05. The molecule has 0 saturated carbocycles. The van der Waals surface area contributed by atoms with Gasteiger partial charge in [0.2, 0.25) is 0 Å². The van der Waals surface area contributed by atoms with E-state index in [-0.39, 0.29) is 0 Å². The van der Waals surface area contributed by atoms with Crippen molar-refractivity contribution >= 4 is 16.4 Å². The number of aromatic nitrogens is 2. The molecule has 122 valence electrons. The Hall–Kier alpha value is -3.32. The van der Waals surface area contributed by atoms with Crippen LogP contribution in [0, 0.1) is 18.3 Å². The van der Waals surface area contributed by atoms with Crippen LogP contribution in [0.25, 0.3) is 16.4 Å². The number of fused-ring (bicyclic) bond motifs is 3. The number of nitriles is 1. The Labute approximate surface area is 145 Å². The van der Waals surface area contributed by atoms with Gasteiger partial charge < -0.3 is 9.14 Å². The Morgan fingerprint density at radius 3 is 2.68 bits per heavy atom. The summed E-state index contributed by atoms with van der Waals surface area (Å²) >= 11 is 0. The Morgan fingerprint density at radius 2 is 1.88 bits per heavy atom. The summed E-state index contributed by atoms with van der Waals surface area (Å²) in [6.07, 6.45) is 2.32. The third kappa shape index (κ3) is 2.70. The molecule has 0 aliphatic heterocycles. The molecule has 4 rings (SSSR count). The van der Waals surface area contributed by atoms with E-state index in [1.54, 1.807) is 0 Å². The number of rotatable bonds is 4. The molecule has 2 aromatic carbocycles. The number of aryl methyl sites for hydroxylation is 1. The largest absolute Gasteiger partial charge is 0.488 e. The molecule has 0 aliphatic rings. The van der Waals surface area contributed by atoms with Gasteiger partial charge in [-0.3, -0.25) is 0 Å². The number of benzene rings is 2. The quantitative estimate of drug-likeness (QED) is 0.557. The summed E-state index contributed by atoms with van der Waals surface area (Å²) in [5, 5.41) is 11.1. The van der Waals surface area contributed by atoms with Crippen molar-refractivity contribution in [2.75, 3.05) is 0 Å². The molecule has 2 heterocycles. The van der Waals surface area contributed by atoms with Gasteiger partial charge in [-0.15, -0.1) is 0 Å². The molecule has 0 saturated heterocycles. The van der Waals surface area contributed by atoms with Crippen molar-refractivity contribution in [2.24, 2.45) is 0 Å². The van der Waals surface area contributed by atoms with Crippen LogP contribution in [-0.4, -0.2) is 9.38 Å². The first kappa shape index (κ1) is 15.2. The molecule has 0 unspecified atom stereocenters. The summed E-state index contributed by atoms with van der Waals surface area (Å²) in [6.45, 7) is 2.47. The Kier molecular flexibility index (Phi) is 3.83. The van der Waals surface area contributed by atoms with Gasteiger partial charge in [-0.25, -0.2) is 4.98 Å². The van der Waals surface area contributed by atoms with Gasteiger partial charge in [0.15, 0.2) is 0 Å². The normalized spacial score (nSPS) is 10.9. The van der Waals surface area contributed by atoms with Crippen LogP contribution in [-0.2, 0) is 13.0 Å². The van der Waals surface area contributed by atoms with Gasteiger partial charge in [0, 0.05) is 17.0 Å². The molecule has 2 aromatic heterocycles. The number of hydrogen-bond acceptors (Lipinski definition) is 3. The number of hydrogen-bond donors (Lipinski definition) is 0. The first-order valence-corrected chi connectivity index (χ1v) is 8.21. The van der Waals surface area contributed by atoms with E-state index in [1.807, 2.05) is 60.0 Å². The predicted molar refractivity (Wildman–Crippen MR) is 97.5 cm³/mol. The zero-order valence-electron chi connectivity index (χ0n) is 13.9. The first-order valence-electron chi connectivity index (χ1n) is 8.21. The fourth-order valence-electron chi connectivity index (χ4n) is 3.14. The van der Waals surface area contributed by atoms with Gasteiger partial charge in [-0.1, -0.05) is 42.5 Å². The van der Waals surface area contributed by atoms with Gasteiger partial charge >= 0.3 is 0 Å². The molecule has 0 spiro atoms. The smallest absolute Gasteiger partial charge is 0.145 e. The van der Waals surface area contributed by atoms with E-state index in [2.05, 4.69) is 23.2 Å². The zero-order chi connectivity index (χ0) is 17.2. The average molecular weight is 327 g/mol. The van der Waals surface area contributed by atoms with Crippen molar-refractivity contribution in [3.63, 3.8) is 0 Å². The van der Waals surface area contributed by atoms with E-state index in [4.69, 9.17) is 10.00 Å². The summed E-state index contributed by atoms with van der Waals surface area (Å²) in [6, 6.07) is 20.4. The molecule has 0 radical (unpaired) electrons. The highest BCUT2D eigenvalue weighted by molar-refractivity contribution is 5.98. The average Bonchev–Trinajstić information content (AvgIpc) is 2.97. The molecular weight excluding hydrogens is 310 g/mol. The van der Waals surface area contributed by atoms with E-state index in [1.165, 1.54) is 0 Å². The van der Waals surface area contributed by atoms with Crippen LogP contribution in [0.2, 0.25) is 0 Å². The van der Waals surface area contributed by atoms with Crippen molar-refractivity contribution in [1.29, 1.82) is 5.26 Å². The van der Waals surface area contributed by atoms with Gasteiger partial charge in [-0.05, 0) is 24.6 Å². The lowest BCUT2D eigenvalue weighted by Gasteiger charge is -2.10. The van der Waals surface area contributed by atoms with Crippen LogP contribution in [0.1, 0.15) is 17.0 Å². The molecule has 25 heavy (non-hydrogen) atoms. The topological polar surface area (TPSA) is 50.3 Å². The van der Waals surface area contributed by atoms with Crippen LogP contribution in [0.5, 0.6) is 5.75 Å². The molecule has 0 fully saturated rings. The minimum atomic E-state index is 0.350. The number of ether oxygens (including phenoxy) is 1. The molecule has 0 N–H and O–H groups in total. The fourth-order valence-corrected chi connectivity index (χ4v) is 3.14. The summed E-state index contributed by atoms with van der Waals surface area (Å²) < 4.78 is 8.05. The van der Waals surface area contributed by atoms with Crippen LogP contribution >= 0.6 is 0 Å². The Balaban J connectivity index is 1.78. The second-order valence-electron chi connectivity index (χ2n) is 5.98. The van der Waals surface area contributed by atoms with Crippen molar-refractivity contribution in [1.82, 2.24) is 9.38 Å². The highest BCUT2D eigenvalue weighted by Gasteiger charge is 2.13. The Morgan fingerprint density at radius 1 is 1.04 bits per heavy atom. The molecule has 4 aromatic rings. The van der Waals surface area contributed by atoms with Crippen molar-refractivity contribution in [3.05, 3.63) is 77.7 Å². The molecule has 0 aliphatic carbocycles. The maximum absolute atomic E-state index is 9.05. The third-order valence-electron chi connectivity index (χ3n) is 4.39. The van der Waals surface area contributed by atoms with Crippen LogP contribution in [0.15, 0.2) is 60.8 Å². The van der Waals surface area contributed by atoms with Crippen molar-refractivity contribution in [2.45, 2.75) is 20.0 Å². The Bertz CT molecular complexity index is 1090. The van der Waals surface area contributed by atoms with E-state index in [9.17, 15) is 0 Å². The van der Waals surface area contributed by atoms with Gasteiger partial charge in [-0.2, -0.15) is 5.26 Å². The molecule has 0 bridgehead atoms. The second kappa shape index (κ2) is 6.29. The van der Waals surface area contributed by atoms with E-state index in [0.717, 1.165) is 39.1 Å². The summed E-state index contributed by atoms with van der Waals surface area (Å²) in [4.78, 5) is 4.68. The van der Waals surface area contributed by atoms with Crippen LogP contribution in [0.3, 0.4) is 0 Å². The molecule has 0 atom stereocenters. The van der Waals surface area contributed by atoms with Crippen LogP contribution in [0.4, 0.5) is 0 Å². The van der Waals surface area contributed by atoms with Gasteiger partial charge in [0.05, 0.1) is 23.9 Å². The maximum Gasteiger partial charge on any atom is 0.145 e. The monoisotopic (exact) mass is 327 g/mol. The molecule has 0 amide bonds. The molecular formula is C21H17N3O. The second-order valence-corrected chi connectivity index (χ2v) is 5.98. The molecule has 4 nitrogen and oxygen atoms in total. The van der Waals surface area contributed by atoms with E-state index in [0.29, 0.717) is 13.0 Å². The number of nitrogens with zero attached hydrogens (tertiary/aromatic N) is 3. The minimum absolute atomic E-state index is 0.350. The highest BCUT2D eigenvalue weighted by Crippen LogP contribution is 2.30. The van der Waals surface area contributed by atoms with E-state index >= 15 is 0 Å². The highest BCUT2D eigenvalue weighted by atomic mass is 16.5. The predicted octanol–water partition coefficient (Wildman–Crippen LogP) is 4.44. The minimum Gasteiger partial charge on any atom is -0.488 e. The lowest BCUT2D eigenvalue weighted by atomic mass is 10.1. The van der Waals surface area contributed by atoms with Crippen molar-refractivity contribution in [3.8, 4) is 11.8 Å². The lowest BCUT2D eigenvalue weighted by Crippen LogP contribution is -1.97. The standard InChI is InChI=1S/C21H17N3O/c1-15-19(10-12-22)24-13-11-17-18(21(24)23-15)8-5-9-20(17)25-14-16-6-3-2-4-7-16/h2-9,11,13H,10,14H2,1H3. The van der Waals surface area contributed by atoms with Crippen molar-refractivity contribution < 1.29 is 4.74 Å². The summed E-state index contributed by atoms with van der Waals surface area (Å²) in [7, 11) is 0. The molecule has 4 heteroatoms. The van der Waals surface area contributed by atoms with Gasteiger partial charge in [0.25, 0.3) is 0 Å². The SMILES string of the molecule is Cc1nc2c3cccc(OCc4ccccc4)c3ccn2c1CC#N. The summed E-state index contributed by atoms with van der Waals surface area (Å²) in [5.41, 5.74) is 3.83.